The van der Waals surface area contributed by atoms with Crippen molar-refractivity contribution in [1.29, 1.82) is 0 Å². The molecule has 1 heterocycles. The highest BCUT2D eigenvalue weighted by Gasteiger charge is 2.28. The van der Waals surface area contributed by atoms with E-state index in [1.54, 1.807) is 28.4 Å². The van der Waals surface area contributed by atoms with Gasteiger partial charge >= 0.3 is 0 Å². The van der Waals surface area contributed by atoms with E-state index in [2.05, 4.69) is 24.1 Å². The van der Waals surface area contributed by atoms with Gasteiger partial charge in [0, 0.05) is 24.0 Å². The van der Waals surface area contributed by atoms with Gasteiger partial charge in [-0.25, -0.2) is 0 Å². The van der Waals surface area contributed by atoms with Gasteiger partial charge in [0.15, 0.2) is 0 Å². The Morgan fingerprint density at radius 1 is 0.972 bits per heavy atom. The second kappa shape index (κ2) is 10.9. The van der Waals surface area contributed by atoms with Gasteiger partial charge in [-0.05, 0) is 61.8 Å². The maximum Gasteiger partial charge on any atom is 0.248 e. The number of benzene rings is 2. The van der Waals surface area contributed by atoms with E-state index in [1.807, 2.05) is 42.5 Å². The van der Waals surface area contributed by atoms with E-state index in [-0.39, 0.29) is 5.56 Å². The summed E-state index contributed by atoms with van der Waals surface area (Å²) < 4.78 is 6.05. The topological polar surface area (TPSA) is 74.3 Å². The van der Waals surface area contributed by atoms with E-state index < -0.39 is 6.10 Å². The van der Waals surface area contributed by atoms with Crippen LogP contribution < -0.4 is 15.6 Å². The Morgan fingerprint density at radius 2 is 1.67 bits per heavy atom. The van der Waals surface area contributed by atoms with Crippen molar-refractivity contribution in [3.05, 3.63) is 98.4 Å². The van der Waals surface area contributed by atoms with Crippen molar-refractivity contribution in [2.45, 2.75) is 71.1 Å². The Balaban J connectivity index is 1.26. The first-order valence-electron chi connectivity index (χ1n) is 13.2. The summed E-state index contributed by atoms with van der Waals surface area (Å²) in [7, 11) is 0. The fourth-order valence-corrected chi connectivity index (χ4v) is 5.79. The quantitative estimate of drug-likeness (QED) is 0.321. The minimum absolute atomic E-state index is 0.189. The van der Waals surface area contributed by atoms with E-state index in [9.17, 15) is 9.90 Å². The first-order chi connectivity index (χ1) is 17.6. The van der Waals surface area contributed by atoms with Crippen molar-refractivity contribution in [2.75, 3.05) is 6.54 Å². The molecular formula is C31H36N2O3. The minimum Gasteiger partial charge on any atom is -0.487 e. The van der Waals surface area contributed by atoms with Crippen LogP contribution in [-0.4, -0.2) is 22.7 Å². The molecule has 2 aliphatic rings. The number of nitrogens with one attached hydrogen (secondary N) is 2. The summed E-state index contributed by atoms with van der Waals surface area (Å²) in [5.74, 6) is 0.606. The molecule has 0 radical (unpaired) electrons. The molecule has 0 bridgehead atoms. The lowest BCUT2D eigenvalue weighted by Crippen LogP contribution is -2.31. The molecule has 5 heteroatoms. The molecule has 2 aromatic carbocycles. The number of pyridine rings is 1. The Morgan fingerprint density at radius 3 is 2.33 bits per heavy atom. The number of hydrogen-bond donors (Lipinski definition) is 3. The SMILES string of the molecule is CCC1=C(CC)CC2=C(C1)CC(NC[C@H](O)c1ccc(OCc3ccccc3)c3[nH]c(=O)ccc13)C2. The zero-order chi connectivity index (χ0) is 25.1. The van der Waals surface area contributed by atoms with Gasteiger partial charge in [-0.15, -0.1) is 0 Å². The Hall–Kier alpha value is -3.15. The highest BCUT2D eigenvalue weighted by molar-refractivity contribution is 5.87. The summed E-state index contributed by atoms with van der Waals surface area (Å²) in [6.07, 6.45) is 6.03. The summed E-state index contributed by atoms with van der Waals surface area (Å²) in [6, 6.07) is 17.4. The number of H-pyrrole nitrogens is 1. The lowest BCUT2D eigenvalue weighted by atomic mass is 9.85. The normalized spacial score (nSPS) is 17.1. The number of allylic oxidation sites excluding steroid dienone is 2. The van der Waals surface area contributed by atoms with Gasteiger partial charge in [0.1, 0.15) is 12.4 Å². The predicted octanol–water partition coefficient (Wildman–Crippen LogP) is 6.10. The van der Waals surface area contributed by atoms with E-state index in [1.165, 1.54) is 6.07 Å². The summed E-state index contributed by atoms with van der Waals surface area (Å²) >= 11 is 0. The number of aliphatic hydroxyl groups excluding tert-OH is 1. The molecule has 0 amide bonds. The van der Waals surface area contributed by atoms with Gasteiger partial charge in [-0.1, -0.05) is 72.5 Å². The van der Waals surface area contributed by atoms with Crippen molar-refractivity contribution < 1.29 is 9.84 Å². The van der Waals surface area contributed by atoms with Crippen molar-refractivity contribution in [3.8, 4) is 5.75 Å². The van der Waals surface area contributed by atoms with Gasteiger partial charge in [-0.2, -0.15) is 0 Å². The molecule has 0 saturated heterocycles. The summed E-state index contributed by atoms with van der Waals surface area (Å²) in [4.78, 5) is 15.0. The van der Waals surface area contributed by atoms with E-state index in [0.29, 0.717) is 30.5 Å². The molecule has 188 valence electrons. The van der Waals surface area contributed by atoms with Crippen LogP contribution in [0.15, 0.2) is 81.7 Å². The molecule has 0 unspecified atom stereocenters. The van der Waals surface area contributed by atoms with Crippen LogP contribution in [0, 0.1) is 0 Å². The molecule has 0 aliphatic heterocycles. The molecule has 5 nitrogen and oxygen atoms in total. The van der Waals surface area contributed by atoms with E-state index in [4.69, 9.17) is 4.74 Å². The third-order valence-corrected chi connectivity index (χ3v) is 7.78. The molecule has 0 saturated carbocycles. The number of aromatic nitrogens is 1. The van der Waals surface area contributed by atoms with Gasteiger partial charge in [0.2, 0.25) is 5.56 Å². The zero-order valence-corrected chi connectivity index (χ0v) is 21.3. The number of rotatable bonds is 9. The van der Waals surface area contributed by atoms with Gasteiger partial charge < -0.3 is 20.1 Å². The van der Waals surface area contributed by atoms with Crippen molar-refractivity contribution >= 4 is 10.9 Å². The summed E-state index contributed by atoms with van der Waals surface area (Å²) in [6.45, 7) is 5.42. The van der Waals surface area contributed by atoms with Crippen molar-refractivity contribution in [2.24, 2.45) is 0 Å². The van der Waals surface area contributed by atoms with Crippen LogP contribution in [0.2, 0.25) is 0 Å². The van der Waals surface area contributed by atoms with Crippen LogP contribution in [0.3, 0.4) is 0 Å². The average molecular weight is 485 g/mol. The van der Waals surface area contributed by atoms with Gasteiger partial charge in [0.25, 0.3) is 0 Å². The van der Waals surface area contributed by atoms with Crippen LogP contribution >= 0.6 is 0 Å². The Bertz CT molecular complexity index is 1330. The molecule has 0 spiro atoms. The molecule has 3 aromatic rings. The molecule has 1 aromatic heterocycles. The monoisotopic (exact) mass is 484 g/mol. The van der Waals surface area contributed by atoms with Gasteiger partial charge in [0.05, 0.1) is 11.6 Å². The second-order valence-electron chi connectivity index (χ2n) is 10.0. The maximum absolute atomic E-state index is 12.1. The molecule has 3 N–H and O–H groups in total. The number of ether oxygens (including phenoxy) is 1. The maximum atomic E-state index is 12.1. The fourth-order valence-electron chi connectivity index (χ4n) is 5.79. The summed E-state index contributed by atoms with van der Waals surface area (Å²) in [5, 5.41) is 15.6. The fraction of sp³-hybridized carbons (Fsp3) is 0.387. The van der Waals surface area contributed by atoms with Crippen molar-refractivity contribution in [1.82, 2.24) is 10.3 Å². The Kier molecular flexibility index (Phi) is 7.40. The smallest absolute Gasteiger partial charge is 0.248 e. The lowest BCUT2D eigenvalue weighted by Gasteiger charge is -2.21. The van der Waals surface area contributed by atoms with E-state index >= 15 is 0 Å². The van der Waals surface area contributed by atoms with Crippen LogP contribution in [0.1, 0.15) is 69.6 Å². The Labute approximate surface area is 212 Å². The molecule has 0 fully saturated rings. The highest BCUT2D eigenvalue weighted by Crippen LogP contribution is 2.41. The average Bonchev–Trinajstić information content (AvgIpc) is 3.31. The predicted molar refractivity (Wildman–Crippen MR) is 145 cm³/mol. The summed E-state index contributed by atoms with van der Waals surface area (Å²) in [5.41, 5.74) is 8.76. The number of aromatic amines is 1. The lowest BCUT2D eigenvalue weighted by molar-refractivity contribution is 0.171. The molecular weight excluding hydrogens is 448 g/mol. The molecule has 5 rings (SSSR count). The molecule has 1 atom stereocenters. The first-order valence-corrected chi connectivity index (χ1v) is 13.2. The van der Waals surface area contributed by atoms with Crippen molar-refractivity contribution in [3.63, 3.8) is 0 Å². The van der Waals surface area contributed by atoms with Crippen LogP contribution in [0.25, 0.3) is 10.9 Å². The third kappa shape index (κ3) is 5.18. The number of fused-ring (bicyclic) bond motifs is 1. The third-order valence-electron chi connectivity index (χ3n) is 7.78. The minimum atomic E-state index is -0.685. The second-order valence-corrected chi connectivity index (χ2v) is 10.0. The highest BCUT2D eigenvalue weighted by atomic mass is 16.5. The van der Waals surface area contributed by atoms with Gasteiger partial charge in [-0.3, -0.25) is 4.79 Å². The molecule has 36 heavy (non-hydrogen) atoms. The van der Waals surface area contributed by atoms with Crippen LogP contribution in [0.4, 0.5) is 0 Å². The number of hydrogen-bond acceptors (Lipinski definition) is 4. The van der Waals surface area contributed by atoms with Crippen LogP contribution in [-0.2, 0) is 6.61 Å². The largest absolute Gasteiger partial charge is 0.487 e. The first kappa shape index (κ1) is 24.5. The van der Waals surface area contributed by atoms with E-state index in [0.717, 1.165) is 55.0 Å². The molecule has 2 aliphatic carbocycles. The standard InChI is InChI=1S/C31H36N2O3/c1-3-21-14-23-16-25(17-24(23)15-22(21)4-2)32-18-28(34)26-10-12-29(31-27(26)11-13-30(35)33-31)36-19-20-8-6-5-7-9-20/h5-13,25,28,32,34H,3-4,14-19H2,1-2H3,(H,33,35)/t28-/m0/s1. The van der Waals surface area contributed by atoms with Crippen LogP contribution in [0.5, 0.6) is 5.75 Å². The number of aliphatic hydroxyl groups is 1. The zero-order valence-electron chi connectivity index (χ0n) is 21.3.